The van der Waals surface area contributed by atoms with Crippen LogP contribution in [0.2, 0.25) is 0 Å². The zero-order valence-corrected chi connectivity index (χ0v) is 16.9. The van der Waals surface area contributed by atoms with Gasteiger partial charge in [0.2, 0.25) is 0 Å². The van der Waals surface area contributed by atoms with Crippen molar-refractivity contribution in [2.45, 2.75) is 24.5 Å². The molecule has 0 aromatic heterocycles. The molecule has 3 aromatic carbocycles. The third-order valence-electron chi connectivity index (χ3n) is 3.80. The SMILES string of the molecule is CSc1c(F)cc([S+](c2ccccc2)c2cc(F)c(SC)c(F)c2)cc1F. The lowest BCUT2D eigenvalue weighted by atomic mass is 10.3. The molecule has 0 amide bonds. The normalized spacial score (nSPS) is 11.2. The van der Waals surface area contributed by atoms with Crippen molar-refractivity contribution >= 4 is 34.4 Å². The number of thioether (sulfide) groups is 2. The van der Waals surface area contributed by atoms with E-state index in [9.17, 15) is 17.6 Å². The van der Waals surface area contributed by atoms with Gasteiger partial charge in [0.05, 0.1) is 20.7 Å². The molecule has 3 aromatic rings. The lowest BCUT2D eigenvalue weighted by Gasteiger charge is -2.11. The van der Waals surface area contributed by atoms with E-state index in [2.05, 4.69) is 0 Å². The Labute approximate surface area is 166 Å². The van der Waals surface area contributed by atoms with Gasteiger partial charge >= 0.3 is 0 Å². The Morgan fingerprint density at radius 2 is 0.963 bits per heavy atom. The molecule has 0 radical (unpaired) electrons. The van der Waals surface area contributed by atoms with Crippen molar-refractivity contribution in [3.8, 4) is 0 Å². The molecule has 0 spiro atoms. The Morgan fingerprint density at radius 1 is 0.593 bits per heavy atom. The van der Waals surface area contributed by atoms with Crippen molar-refractivity contribution in [1.82, 2.24) is 0 Å². The third kappa shape index (κ3) is 4.15. The van der Waals surface area contributed by atoms with Crippen LogP contribution < -0.4 is 0 Å². The molecular formula is C20H15F4S3+. The highest BCUT2D eigenvalue weighted by Gasteiger charge is 2.32. The predicted octanol–water partition coefficient (Wildman–Crippen LogP) is 6.78. The van der Waals surface area contributed by atoms with Gasteiger partial charge in [-0.15, -0.1) is 23.5 Å². The maximum atomic E-state index is 14.4. The molecule has 0 fully saturated rings. The fourth-order valence-corrected chi connectivity index (χ4v) is 5.81. The number of hydrogen-bond acceptors (Lipinski definition) is 2. The molecule has 27 heavy (non-hydrogen) atoms. The Morgan fingerprint density at radius 3 is 1.30 bits per heavy atom. The monoisotopic (exact) mass is 427 g/mol. The van der Waals surface area contributed by atoms with Crippen LogP contribution in [0.4, 0.5) is 17.6 Å². The molecule has 0 unspecified atom stereocenters. The average Bonchev–Trinajstić information content (AvgIpc) is 2.62. The number of halogens is 4. The molecule has 3 rings (SSSR count). The van der Waals surface area contributed by atoms with E-state index < -0.39 is 34.2 Å². The summed E-state index contributed by atoms with van der Waals surface area (Å²) in [4.78, 5) is 1.20. The summed E-state index contributed by atoms with van der Waals surface area (Å²) in [6.07, 6.45) is 3.17. The molecule has 0 N–H and O–H groups in total. The van der Waals surface area contributed by atoms with Crippen LogP contribution in [0.1, 0.15) is 0 Å². The molecule has 0 aliphatic heterocycles. The number of hydrogen-bond donors (Lipinski definition) is 0. The minimum atomic E-state index is -1.05. The second kappa shape index (κ2) is 8.63. The molecule has 0 atom stereocenters. The maximum absolute atomic E-state index is 14.4. The van der Waals surface area contributed by atoms with Crippen LogP contribution in [-0.2, 0) is 10.9 Å². The first-order chi connectivity index (χ1) is 13.0. The van der Waals surface area contributed by atoms with Crippen molar-refractivity contribution < 1.29 is 17.6 Å². The van der Waals surface area contributed by atoms with Gasteiger partial charge < -0.3 is 0 Å². The van der Waals surface area contributed by atoms with Gasteiger partial charge in [0, 0.05) is 24.3 Å². The topological polar surface area (TPSA) is 0 Å². The van der Waals surface area contributed by atoms with Gasteiger partial charge in [-0.1, -0.05) is 18.2 Å². The van der Waals surface area contributed by atoms with Gasteiger partial charge in [0.15, 0.2) is 14.7 Å². The summed E-state index contributed by atoms with van der Waals surface area (Å²) in [6, 6.07) is 13.9. The average molecular weight is 428 g/mol. The predicted molar refractivity (Wildman–Crippen MR) is 105 cm³/mol. The summed E-state index contributed by atoms with van der Waals surface area (Å²) in [7, 11) is -1.05. The highest BCUT2D eigenvalue weighted by Crippen LogP contribution is 2.37. The first-order valence-electron chi connectivity index (χ1n) is 7.81. The smallest absolute Gasteiger partial charge is 0.172 e. The van der Waals surface area contributed by atoms with E-state index in [0.29, 0.717) is 14.7 Å². The molecule has 140 valence electrons. The highest BCUT2D eigenvalue weighted by atomic mass is 32.2. The van der Waals surface area contributed by atoms with Crippen LogP contribution in [0.3, 0.4) is 0 Å². The lowest BCUT2D eigenvalue weighted by Crippen LogP contribution is -2.08. The van der Waals surface area contributed by atoms with E-state index in [1.165, 1.54) is 24.3 Å². The second-order valence-corrected chi connectivity index (χ2v) is 9.12. The van der Waals surface area contributed by atoms with Crippen LogP contribution in [-0.4, -0.2) is 12.5 Å². The first kappa shape index (κ1) is 20.2. The Kier molecular flexibility index (Phi) is 6.44. The van der Waals surface area contributed by atoms with Crippen LogP contribution in [0.5, 0.6) is 0 Å². The van der Waals surface area contributed by atoms with E-state index in [1.54, 1.807) is 42.8 Å². The lowest BCUT2D eigenvalue weighted by molar-refractivity contribution is 0.534. The van der Waals surface area contributed by atoms with E-state index in [4.69, 9.17) is 0 Å². The van der Waals surface area contributed by atoms with Gasteiger partial charge in [-0.05, 0) is 24.6 Å². The van der Waals surface area contributed by atoms with Crippen LogP contribution in [0.15, 0.2) is 79.1 Å². The van der Waals surface area contributed by atoms with Crippen molar-refractivity contribution in [1.29, 1.82) is 0 Å². The van der Waals surface area contributed by atoms with Crippen molar-refractivity contribution in [2.75, 3.05) is 12.5 Å². The van der Waals surface area contributed by atoms with E-state index in [-0.39, 0.29) is 9.79 Å². The number of benzene rings is 3. The summed E-state index contributed by atoms with van der Waals surface area (Å²) >= 11 is 1.95. The molecular weight excluding hydrogens is 412 g/mol. The molecule has 0 heterocycles. The quantitative estimate of drug-likeness (QED) is 0.250. The number of rotatable bonds is 5. The van der Waals surface area contributed by atoms with Gasteiger partial charge in [-0.3, -0.25) is 0 Å². The zero-order chi connectivity index (χ0) is 19.6. The summed E-state index contributed by atoms with van der Waals surface area (Å²) in [5.41, 5.74) is 0. The molecule has 0 nitrogen and oxygen atoms in total. The fraction of sp³-hybridized carbons (Fsp3) is 0.100. The van der Waals surface area contributed by atoms with Gasteiger partial charge in [-0.25, -0.2) is 17.6 Å². The van der Waals surface area contributed by atoms with Gasteiger partial charge in [0.25, 0.3) is 0 Å². The molecule has 0 saturated heterocycles. The van der Waals surface area contributed by atoms with Crippen molar-refractivity contribution in [3.05, 3.63) is 77.9 Å². The minimum Gasteiger partial charge on any atom is -0.205 e. The summed E-state index contributed by atoms with van der Waals surface area (Å²) < 4.78 is 57.5. The molecule has 0 saturated carbocycles. The molecule has 0 aliphatic carbocycles. The highest BCUT2D eigenvalue weighted by molar-refractivity contribution is 7.99. The Bertz CT molecular complexity index is 855. The van der Waals surface area contributed by atoms with Crippen molar-refractivity contribution in [2.24, 2.45) is 0 Å². The summed E-state index contributed by atoms with van der Waals surface area (Å²) in [6.45, 7) is 0. The molecule has 0 aliphatic rings. The van der Waals surface area contributed by atoms with Gasteiger partial charge in [-0.2, -0.15) is 0 Å². The van der Waals surface area contributed by atoms with Gasteiger partial charge in [0.1, 0.15) is 23.3 Å². The summed E-state index contributed by atoms with van der Waals surface area (Å²) in [5.74, 6) is -2.75. The fourth-order valence-electron chi connectivity index (χ4n) is 2.66. The molecule has 7 heteroatoms. The Balaban J connectivity index is 2.23. The molecule has 0 bridgehead atoms. The maximum Gasteiger partial charge on any atom is 0.172 e. The summed E-state index contributed by atoms with van der Waals surface area (Å²) in [5, 5.41) is 0. The van der Waals surface area contributed by atoms with Crippen LogP contribution in [0.25, 0.3) is 0 Å². The third-order valence-corrected chi connectivity index (χ3v) is 7.56. The largest absolute Gasteiger partial charge is 0.205 e. The van der Waals surface area contributed by atoms with Crippen molar-refractivity contribution in [3.63, 3.8) is 0 Å². The minimum absolute atomic E-state index is 0.0783. The van der Waals surface area contributed by atoms with E-state index in [1.807, 2.05) is 0 Å². The first-order valence-corrected chi connectivity index (χ1v) is 11.5. The standard InChI is InChI=1S/C20H15F4S3/c1-25-19-15(21)8-13(9-16(19)22)27(12-6-4-3-5-7-12)14-10-17(23)20(26-2)18(24)11-14/h3-11H,1-2H3/q+1. The van der Waals surface area contributed by atoms with E-state index >= 15 is 0 Å². The Hall–Kier alpha value is -1.57. The van der Waals surface area contributed by atoms with E-state index in [0.717, 1.165) is 23.5 Å². The zero-order valence-electron chi connectivity index (χ0n) is 14.4. The second-order valence-electron chi connectivity index (χ2n) is 5.46. The van der Waals surface area contributed by atoms with Crippen LogP contribution in [0, 0.1) is 23.3 Å². The van der Waals surface area contributed by atoms with Crippen LogP contribution >= 0.6 is 23.5 Å².